The summed E-state index contributed by atoms with van der Waals surface area (Å²) in [5, 5.41) is 10.8. The molecule has 0 aromatic carbocycles. The Morgan fingerprint density at radius 3 is 2.16 bits per heavy atom. The number of ether oxygens (including phenoxy) is 1. The highest BCUT2D eigenvalue weighted by Gasteiger charge is 2.18. The lowest BCUT2D eigenvalue weighted by Crippen LogP contribution is -2.44. The van der Waals surface area contributed by atoms with Crippen LogP contribution in [0.3, 0.4) is 0 Å². The molecule has 0 saturated heterocycles. The Morgan fingerprint density at radius 1 is 1.00 bits per heavy atom. The Morgan fingerprint density at radius 2 is 1.60 bits per heavy atom. The lowest BCUT2D eigenvalue weighted by atomic mass is 10.1. The number of hydrogen-bond donors (Lipinski definition) is 0. The monoisotopic (exact) mass is 353 g/mol. The van der Waals surface area contributed by atoms with Crippen molar-refractivity contribution in [3.05, 3.63) is 24.5 Å². The van der Waals surface area contributed by atoms with Crippen LogP contribution in [-0.2, 0) is 9.53 Å². The first-order valence-corrected chi connectivity index (χ1v) is 9.82. The van der Waals surface area contributed by atoms with Crippen LogP contribution in [0.5, 0.6) is 0 Å². The Kier molecular flexibility index (Phi) is 14.2. The van der Waals surface area contributed by atoms with Gasteiger partial charge in [0, 0.05) is 12.4 Å². The molecule has 0 bridgehead atoms. The summed E-state index contributed by atoms with van der Waals surface area (Å²) in [5.74, 6) is -1.07. The van der Waals surface area contributed by atoms with Crippen molar-refractivity contribution >= 4 is 5.97 Å². The van der Waals surface area contributed by atoms with Gasteiger partial charge in [-0.25, -0.2) is 0 Å². The zero-order valence-corrected chi connectivity index (χ0v) is 16.8. The SMILES string of the molecule is CCCCCCCCCCC=CC=COC(CC(=O)[O-])C[N+](C)(C)C. The van der Waals surface area contributed by atoms with Gasteiger partial charge in [0.1, 0.15) is 6.54 Å². The third kappa shape index (κ3) is 18.9. The summed E-state index contributed by atoms with van der Waals surface area (Å²) in [6.45, 7) is 2.87. The second-order valence-electron chi connectivity index (χ2n) is 7.83. The van der Waals surface area contributed by atoms with Gasteiger partial charge in [-0.3, -0.25) is 0 Å². The van der Waals surface area contributed by atoms with E-state index in [1.807, 2.05) is 33.3 Å². The van der Waals surface area contributed by atoms with Crippen LogP contribution < -0.4 is 5.11 Å². The zero-order chi connectivity index (χ0) is 19.0. The van der Waals surface area contributed by atoms with Crippen LogP contribution in [0.15, 0.2) is 24.5 Å². The number of unbranched alkanes of at least 4 members (excludes halogenated alkanes) is 8. The van der Waals surface area contributed by atoms with E-state index in [-0.39, 0.29) is 12.5 Å². The fourth-order valence-electron chi connectivity index (χ4n) is 2.73. The standard InChI is InChI=1S/C21H39NO3/c1-5-6-7-8-9-10-11-12-13-14-15-16-17-25-20(18-21(23)24)19-22(2,3)4/h14-17,20H,5-13,18-19H2,1-4H3. The minimum absolute atomic E-state index is 0.0815. The number of carbonyl (C=O) groups excluding carboxylic acids is 1. The molecule has 0 aromatic rings. The highest BCUT2D eigenvalue weighted by molar-refractivity contribution is 5.64. The van der Waals surface area contributed by atoms with Gasteiger partial charge in [0.05, 0.1) is 27.4 Å². The summed E-state index contributed by atoms with van der Waals surface area (Å²) >= 11 is 0. The summed E-state index contributed by atoms with van der Waals surface area (Å²) in [7, 11) is 6.04. The van der Waals surface area contributed by atoms with Gasteiger partial charge in [-0.2, -0.15) is 0 Å². The lowest BCUT2D eigenvalue weighted by molar-refractivity contribution is -0.873. The minimum atomic E-state index is -1.07. The summed E-state index contributed by atoms with van der Waals surface area (Å²) in [4.78, 5) is 10.8. The molecule has 0 rings (SSSR count). The summed E-state index contributed by atoms with van der Waals surface area (Å²) in [6.07, 6.45) is 18.9. The van der Waals surface area contributed by atoms with Crippen LogP contribution in [-0.4, -0.2) is 44.2 Å². The van der Waals surface area contributed by atoms with Crippen molar-refractivity contribution in [1.82, 2.24) is 0 Å². The van der Waals surface area contributed by atoms with Crippen LogP contribution in [0.4, 0.5) is 0 Å². The molecular weight excluding hydrogens is 314 g/mol. The van der Waals surface area contributed by atoms with Crippen LogP contribution in [0.2, 0.25) is 0 Å². The van der Waals surface area contributed by atoms with E-state index in [1.54, 1.807) is 6.26 Å². The highest BCUT2D eigenvalue weighted by atomic mass is 16.5. The zero-order valence-electron chi connectivity index (χ0n) is 16.8. The molecule has 4 heteroatoms. The number of aliphatic carboxylic acids is 1. The fraction of sp³-hybridized carbons (Fsp3) is 0.762. The Labute approximate surface area is 155 Å². The molecule has 25 heavy (non-hydrogen) atoms. The largest absolute Gasteiger partial charge is 0.550 e. The van der Waals surface area contributed by atoms with Gasteiger partial charge in [-0.1, -0.05) is 64.0 Å². The molecule has 0 amide bonds. The number of carboxylic acid groups (broad SMARTS) is 1. The maximum absolute atomic E-state index is 10.8. The normalized spacial score (nSPS) is 13.6. The van der Waals surface area contributed by atoms with E-state index >= 15 is 0 Å². The van der Waals surface area contributed by atoms with Crippen molar-refractivity contribution in [3.63, 3.8) is 0 Å². The van der Waals surface area contributed by atoms with Crippen molar-refractivity contribution in [2.24, 2.45) is 0 Å². The van der Waals surface area contributed by atoms with Crippen molar-refractivity contribution in [3.8, 4) is 0 Å². The molecule has 0 heterocycles. The number of carboxylic acids is 1. The number of likely N-dealkylation sites (N-methyl/N-ethyl adjacent to an activating group) is 1. The molecule has 4 nitrogen and oxygen atoms in total. The van der Waals surface area contributed by atoms with Gasteiger partial charge in [-0.15, -0.1) is 0 Å². The Bertz CT molecular complexity index is 383. The van der Waals surface area contributed by atoms with Gasteiger partial charge in [-0.05, 0) is 18.9 Å². The highest BCUT2D eigenvalue weighted by Crippen LogP contribution is 2.10. The quantitative estimate of drug-likeness (QED) is 0.183. The van der Waals surface area contributed by atoms with Crippen molar-refractivity contribution in [2.75, 3.05) is 27.7 Å². The van der Waals surface area contributed by atoms with E-state index in [1.165, 1.54) is 51.4 Å². The molecule has 0 aliphatic heterocycles. The van der Waals surface area contributed by atoms with Gasteiger partial charge < -0.3 is 19.1 Å². The third-order valence-electron chi connectivity index (χ3n) is 3.97. The maximum atomic E-state index is 10.8. The first kappa shape index (κ1) is 23.7. The average molecular weight is 354 g/mol. The number of rotatable bonds is 16. The first-order chi connectivity index (χ1) is 11.8. The van der Waals surface area contributed by atoms with Crippen molar-refractivity contribution < 1.29 is 19.1 Å². The third-order valence-corrected chi connectivity index (χ3v) is 3.97. The molecule has 1 unspecified atom stereocenters. The van der Waals surface area contributed by atoms with Crippen LogP contribution in [0.1, 0.15) is 71.1 Å². The van der Waals surface area contributed by atoms with E-state index in [0.717, 1.165) is 6.42 Å². The average Bonchev–Trinajstić information content (AvgIpc) is 2.49. The number of carbonyl (C=O) groups is 1. The predicted octanol–water partition coefficient (Wildman–Crippen LogP) is 3.82. The molecule has 0 aliphatic carbocycles. The van der Waals surface area contributed by atoms with Crippen molar-refractivity contribution in [1.29, 1.82) is 0 Å². The summed E-state index contributed by atoms with van der Waals surface area (Å²) in [6, 6.07) is 0. The van der Waals surface area contributed by atoms with Crippen molar-refractivity contribution in [2.45, 2.75) is 77.2 Å². The Hall–Kier alpha value is -1.29. The van der Waals surface area contributed by atoms with E-state index in [0.29, 0.717) is 11.0 Å². The van der Waals surface area contributed by atoms with E-state index in [9.17, 15) is 9.90 Å². The van der Waals surface area contributed by atoms with Crippen LogP contribution in [0.25, 0.3) is 0 Å². The minimum Gasteiger partial charge on any atom is -0.550 e. The van der Waals surface area contributed by atoms with Gasteiger partial charge in [0.2, 0.25) is 0 Å². The Balaban J connectivity index is 3.78. The van der Waals surface area contributed by atoms with Gasteiger partial charge in [0.15, 0.2) is 6.10 Å². The molecular formula is C21H39NO3. The number of allylic oxidation sites excluding steroid dienone is 3. The lowest BCUT2D eigenvalue weighted by Gasteiger charge is -2.28. The molecule has 0 saturated carbocycles. The van der Waals surface area contributed by atoms with Gasteiger partial charge >= 0.3 is 0 Å². The molecule has 0 aromatic heterocycles. The molecule has 0 N–H and O–H groups in total. The molecule has 0 radical (unpaired) electrons. The summed E-state index contributed by atoms with van der Waals surface area (Å²) < 4.78 is 6.21. The van der Waals surface area contributed by atoms with E-state index < -0.39 is 5.97 Å². The molecule has 0 aliphatic rings. The maximum Gasteiger partial charge on any atom is 0.152 e. The first-order valence-electron chi connectivity index (χ1n) is 9.82. The number of nitrogens with zero attached hydrogens (tertiary/aromatic N) is 1. The summed E-state index contributed by atoms with van der Waals surface area (Å²) in [5.41, 5.74) is 0. The molecule has 0 fully saturated rings. The van der Waals surface area contributed by atoms with Crippen LogP contribution in [0, 0.1) is 0 Å². The number of quaternary nitrogens is 1. The molecule has 0 spiro atoms. The van der Waals surface area contributed by atoms with Crippen LogP contribution >= 0.6 is 0 Å². The second-order valence-corrected chi connectivity index (χ2v) is 7.83. The fourth-order valence-corrected chi connectivity index (χ4v) is 2.73. The van der Waals surface area contributed by atoms with Gasteiger partial charge in [0.25, 0.3) is 0 Å². The molecule has 146 valence electrons. The topological polar surface area (TPSA) is 49.4 Å². The smallest absolute Gasteiger partial charge is 0.152 e. The number of hydrogen-bond acceptors (Lipinski definition) is 3. The second kappa shape index (κ2) is 15.0. The van der Waals surface area contributed by atoms with E-state index in [2.05, 4.69) is 13.0 Å². The van der Waals surface area contributed by atoms with E-state index in [4.69, 9.17) is 4.74 Å². The molecule has 1 atom stereocenters. The predicted molar refractivity (Wildman–Crippen MR) is 103 cm³/mol.